The molecule has 1 aromatic rings. The summed E-state index contributed by atoms with van der Waals surface area (Å²) >= 11 is 1.65. The van der Waals surface area contributed by atoms with Crippen LogP contribution in [0.2, 0.25) is 0 Å². The average molecular weight is 172 g/mol. The second-order valence-electron chi connectivity index (χ2n) is 2.37. The minimum atomic E-state index is -0.265. The van der Waals surface area contributed by atoms with Crippen LogP contribution in [0.25, 0.3) is 0 Å². The summed E-state index contributed by atoms with van der Waals surface area (Å²) in [5.74, 6) is 0.776. The van der Waals surface area contributed by atoms with Gasteiger partial charge in [-0.1, -0.05) is 0 Å². The SMILES string of the molecule is CSCC(O)Cn1ccnc1. The van der Waals surface area contributed by atoms with Gasteiger partial charge in [0.05, 0.1) is 19.0 Å². The summed E-state index contributed by atoms with van der Waals surface area (Å²) in [6.45, 7) is 0.640. The van der Waals surface area contributed by atoms with Crippen molar-refractivity contribution in [2.24, 2.45) is 0 Å². The molecule has 1 heterocycles. The van der Waals surface area contributed by atoms with Crippen LogP contribution in [-0.4, -0.2) is 32.8 Å². The van der Waals surface area contributed by atoms with Gasteiger partial charge in [-0.15, -0.1) is 0 Å². The van der Waals surface area contributed by atoms with Crippen molar-refractivity contribution in [2.75, 3.05) is 12.0 Å². The van der Waals surface area contributed by atoms with E-state index < -0.39 is 0 Å². The highest BCUT2D eigenvalue weighted by atomic mass is 32.2. The molecule has 4 heteroatoms. The lowest BCUT2D eigenvalue weighted by atomic mass is 10.4. The minimum absolute atomic E-state index is 0.265. The molecule has 1 aromatic heterocycles. The fraction of sp³-hybridized carbons (Fsp3) is 0.571. The molecule has 0 saturated heterocycles. The van der Waals surface area contributed by atoms with Crippen LogP contribution in [0.1, 0.15) is 0 Å². The predicted octanol–water partition coefficient (Wildman–Crippen LogP) is 0.607. The van der Waals surface area contributed by atoms with Crippen LogP contribution < -0.4 is 0 Å². The summed E-state index contributed by atoms with van der Waals surface area (Å²) in [4.78, 5) is 3.88. The Bertz CT molecular complexity index is 188. The fourth-order valence-corrected chi connectivity index (χ4v) is 1.37. The zero-order valence-electron chi connectivity index (χ0n) is 6.47. The van der Waals surface area contributed by atoms with Crippen LogP contribution in [0.3, 0.4) is 0 Å². The largest absolute Gasteiger partial charge is 0.390 e. The Morgan fingerprint density at radius 1 is 1.73 bits per heavy atom. The molecule has 11 heavy (non-hydrogen) atoms. The Morgan fingerprint density at radius 2 is 2.55 bits per heavy atom. The monoisotopic (exact) mass is 172 g/mol. The Balaban J connectivity index is 2.31. The van der Waals surface area contributed by atoms with Crippen molar-refractivity contribution in [1.29, 1.82) is 0 Å². The van der Waals surface area contributed by atoms with Gasteiger partial charge in [0.2, 0.25) is 0 Å². The van der Waals surface area contributed by atoms with E-state index >= 15 is 0 Å². The second-order valence-corrected chi connectivity index (χ2v) is 3.28. The maximum atomic E-state index is 9.35. The molecule has 1 N–H and O–H groups in total. The van der Waals surface area contributed by atoms with Crippen molar-refractivity contribution >= 4 is 11.8 Å². The fourth-order valence-electron chi connectivity index (χ4n) is 0.883. The molecule has 1 unspecified atom stereocenters. The summed E-state index contributed by atoms with van der Waals surface area (Å²) in [5, 5.41) is 9.35. The molecule has 1 rings (SSSR count). The molecule has 0 amide bonds. The van der Waals surface area contributed by atoms with Crippen molar-refractivity contribution in [3.63, 3.8) is 0 Å². The van der Waals surface area contributed by atoms with Crippen molar-refractivity contribution < 1.29 is 5.11 Å². The first kappa shape index (κ1) is 8.62. The van der Waals surface area contributed by atoms with Gasteiger partial charge >= 0.3 is 0 Å². The highest BCUT2D eigenvalue weighted by Crippen LogP contribution is 1.99. The molecular weight excluding hydrogens is 160 g/mol. The lowest BCUT2D eigenvalue weighted by Crippen LogP contribution is -2.17. The van der Waals surface area contributed by atoms with Gasteiger partial charge in [0.1, 0.15) is 0 Å². The Labute approximate surface area is 70.4 Å². The van der Waals surface area contributed by atoms with Gasteiger partial charge in [0.15, 0.2) is 0 Å². The molecule has 0 bridgehead atoms. The molecule has 3 nitrogen and oxygen atoms in total. The van der Waals surface area contributed by atoms with Crippen LogP contribution in [0.15, 0.2) is 18.7 Å². The Hall–Kier alpha value is -0.480. The van der Waals surface area contributed by atoms with E-state index in [1.165, 1.54) is 0 Å². The molecule has 0 radical (unpaired) electrons. The first-order valence-electron chi connectivity index (χ1n) is 3.45. The first-order chi connectivity index (χ1) is 5.33. The number of nitrogens with zero attached hydrogens (tertiary/aromatic N) is 2. The second kappa shape index (κ2) is 4.41. The summed E-state index contributed by atoms with van der Waals surface area (Å²) in [6.07, 6.45) is 7.00. The van der Waals surface area contributed by atoms with E-state index in [0.29, 0.717) is 6.54 Å². The van der Waals surface area contributed by atoms with Gasteiger partial charge < -0.3 is 9.67 Å². The molecule has 0 spiro atoms. The standard InChI is InChI=1S/C7H12N2OS/c1-11-5-7(10)4-9-3-2-8-6-9/h2-3,6-7,10H,4-5H2,1H3. The van der Waals surface area contributed by atoms with Gasteiger partial charge in [-0.05, 0) is 6.26 Å². The average Bonchev–Trinajstić information content (AvgIpc) is 2.40. The molecule has 0 aliphatic carbocycles. The van der Waals surface area contributed by atoms with Crippen LogP contribution in [-0.2, 0) is 6.54 Å². The highest BCUT2D eigenvalue weighted by Gasteiger charge is 2.02. The molecule has 62 valence electrons. The van der Waals surface area contributed by atoms with Gasteiger partial charge in [0, 0.05) is 18.1 Å². The van der Waals surface area contributed by atoms with Gasteiger partial charge in [-0.2, -0.15) is 11.8 Å². The van der Waals surface area contributed by atoms with E-state index in [0.717, 1.165) is 5.75 Å². The maximum Gasteiger partial charge on any atom is 0.0946 e. The number of hydrogen-bond donors (Lipinski definition) is 1. The summed E-state index contributed by atoms with van der Waals surface area (Å²) in [6, 6.07) is 0. The summed E-state index contributed by atoms with van der Waals surface area (Å²) in [7, 11) is 0. The van der Waals surface area contributed by atoms with Crippen molar-refractivity contribution in [3.8, 4) is 0 Å². The summed E-state index contributed by atoms with van der Waals surface area (Å²) in [5.41, 5.74) is 0. The number of aliphatic hydroxyl groups is 1. The van der Waals surface area contributed by atoms with Crippen molar-refractivity contribution in [1.82, 2.24) is 9.55 Å². The lowest BCUT2D eigenvalue weighted by molar-refractivity contribution is 0.178. The third-order valence-corrected chi connectivity index (χ3v) is 2.06. The van der Waals surface area contributed by atoms with Gasteiger partial charge in [-0.25, -0.2) is 4.98 Å². The molecule has 0 saturated carbocycles. The number of rotatable bonds is 4. The van der Waals surface area contributed by atoms with Crippen molar-refractivity contribution in [2.45, 2.75) is 12.6 Å². The highest BCUT2D eigenvalue weighted by molar-refractivity contribution is 7.98. The van der Waals surface area contributed by atoms with E-state index in [2.05, 4.69) is 4.98 Å². The molecule has 0 aromatic carbocycles. The van der Waals surface area contributed by atoms with E-state index in [1.807, 2.05) is 17.0 Å². The van der Waals surface area contributed by atoms with E-state index in [-0.39, 0.29) is 6.10 Å². The predicted molar refractivity (Wildman–Crippen MR) is 46.6 cm³/mol. The van der Waals surface area contributed by atoms with E-state index in [4.69, 9.17) is 0 Å². The number of hydrogen-bond acceptors (Lipinski definition) is 3. The zero-order valence-corrected chi connectivity index (χ0v) is 7.29. The molecule has 0 aliphatic rings. The summed E-state index contributed by atoms with van der Waals surface area (Å²) < 4.78 is 1.88. The van der Waals surface area contributed by atoms with E-state index in [1.54, 1.807) is 24.3 Å². The van der Waals surface area contributed by atoms with Crippen LogP contribution >= 0.6 is 11.8 Å². The van der Waals surface area contributed by atoms with Crippen molar-refractivity contribution in [3.05, 3.63) is 18.7 Å². The molecule has 0 aliphatic heterocycles. The third-order valence-electron chi connectivity index (χ3n) is 1.34. The van der Waals surface area contributed by atoms with Gasteiger partial charge in [0.25, 0.3) is 0 Å². The third kappa shape index (κ3) is 2.95. The Kier molecular flexibility index (Phi) is 3.45. The number of imidazole rings is 1. The first-order valence-corrected chi connectivity index (χ1v) is 4.85. The number of aliphatic hydroxyl groups excluding tert-OH is 1. The maximum absolute atomic E-state index is 9.35. The molecule has 1 atom stereocenters. The smallest absolute Gasteiger partial charge is 0.0946 e. The number of aromatic nitrogens is 2. The lowest BCUT2D eigenvalue weighted by Gasteiger charge is -2.08. The van der Waals surface area contributed by atoms with Crippen LogP contribution in [0.4, 0.5) is 0 Å². The molecule has 0 fully saturated rings. The molecular formula is C7H12N2OS. The topological polar surface area (TPSA) is 38.0 Å². The minimum Gasteiger partial charge on any atom is -0.390 e. The van der Waals surface area contributed by atoms with Gasteiger partial charge in [-0.3, -0.25) is 0 Å². The van der Waals surface area contributed by atoms with E-state index in [9.17, 15) is 5.11 Å². The normalized spacial score (nSPS) is 13.3. The zero-order chi connectivity index (χ0) is 8.10. The number of thioether (sulfide) groups is 1. The van der Waals surface area contributed by atoms with Crippen LogP contribution in [0.5, 0.6) is 0 Å². The van der Waals surface area contributed by atoms with Crippen LogP contribution in [0, 0.1) is 0 Å². The quantitative estimate of drug-likeness (QED) is 0.723. The Morgan fingerprint density at radius 3 is 3.09 bits per heavy atom.